The fourth-order valence-corrected chi connectivity index (χ4v) is 2.61. The van der Waals surface area contributed by atoms with E-state index in [-0.39, 0.29) is 12.4 Å². The highest BCUT2D eigenvalue weighted by atomic mass is 79.9. The molecule has 2 nitrogen and oxygen atoms in total. The first-order valence-corrected chi connectivity index (χ1v) is 6.80. The summed E-state index contributed by atoms with van der Waals surface area (Å²) in [7, 11) is 0. The largest absolute Gasteiger partial charge is 0.456 e. The van der Waals surface area contributed by atoms with Crippen LogP contribution in [0.5, 0.6) is 11.5 Å². The zero-order valence-electron chi connectivity index (χ0n) is 9.29. The van der Waals surface area contributed by atoms with Crippen LogP contribution in [0.15, 0.2) is 45.3 Å². The summed E-state index contributed by atoms with van der Waals surface area (Å²) in [6.45, 7) is 0.223. The third-order valence-corrected chi connectivity index (χ3v) is 3.47. The minimum atomic E-state index is -0.322. The maximum absolute atomic E-state index is 13.1. The smallest absolute Gasteiger partial charge is 0.141 e. The Morgan fingerprint density at radius 3 is 2.44 bits per heavy atom. The predicted octanol–water partition coefficient (Wildman–Crippen LogP) is 4.60. The Hall–Kier alpha value is -0.910. The summed E-state index contributed by atoms with van der Waals surface area (Å²) in [5, 5.41) is 0. The number of nitrogens with two attached hydrogens (primary N) is 1. The van der Waals surface area contributed by atoms with E-state index in [9.17, 15) is 4.39 Å². The first-order chi connectivity index (χ1) is 8.60. The average Bonchev–Trinajstić information content (AvgIpc) is 2.34. The van der Waals surface area contributed by atoms with Crippen LogP contribution >= 0.6 is 31.9 Å². The summed E-state index contributed by atoms with van der Waals surface area (Å²) in [5.41, 5.74) is 6.20. The fourth-order valence-electron chi connectivity index (χ4n) is 1.48. The number of benzene rings is 2. The Morgan fingerprint density at radius 1 is 1.06 bits per heavy atom. The van der Waals surface area contributed by atoms with Crippen LogP contribution in [0.3, 0.4) is 0 Å². The molecule has 0 heterocycles. The van der Waals surface area contributed by atoms with Gasteiger partial charge >= 0.3 is 0 Å². The average molecular weight is 375 g/mol. The van der Waals surface area contributed by atoms with Crippen molar-refractivity contribution in [2.45, 2.75) is 6.54 Å². The van der Waals surface area contributed by atoms with E-state index in [0.29, 0.717) is 17.1 Å². The molecular formula is C13H10Br2FNO. The van der Waals surface area contributed by atoms with E-state index in [1.807, 2.05) is 18.2 Å². The van der Waals surface area contributed by atoms with Gasteiger partial charge in [0.15, 0.2) is 0 Å². The Balaban J connectivity index is 2.33. The molecule has 0 saturated carbocycles. The summed E-state index contributed by atoms with van der Waals surface area (Å²) in [6, 6.07) is 9.86. The van der Waals surface area contributed by atoms with Gasteiger partial charge in [0.05, 0.1) is 4.47 Å². The highest BCUT2D eigenvalue weighted by Gasteiger charge is 2.08. The fraction of sp³-hybridized carbons (Fsp3) is 0.0769. The van der Waals surface area contributed by atoms with Crippen molar-refractivity contribution in [2.75, 3.05) is 0 Å². The van der Waals surface area contributed by atoms with E-state index in [4.69, 9.17) is 10.5 Å². The van der Waals surface area contributed by atoms with Crippen LogP contribution in [-0.2, 0) is 6.54 Å². The minimum absolute atomic E-state index is 0.223. The summed E-state index contributed by atoms with van der Waals surface area (Å²) in [4.78, 5) is 0. The molecular weight excluding hydrogens is 365 g/mol. The van der Waals surface area contributed by atoms with Gasteiger partial charge in [-0.15, -0.1) is 0 Å². The van der Waals surface area contributed by atoms with Crippen LogP contribution < -0.4 is 10.5 Å². The summed E-state index contributed by atoms with van der Waals surface area (Å²) < 4.78 is 20.6. The first kappa shape index (κ1) is 13.5. The Kier molecular flexibility index (Phi) is 4.37. The molecule has 2 aromatic rings. The van der Waals surface area contributed by atoms with Crippen LogP contribution in [0.25, 0.3) is 0 Å². The van der Waals surface area contributed by atoms with Gasteiger partial charge in [-0.2, -0.15) is 0 Å². The van der Waals surface area contributed by atoms with Crippen LogP contribution in [-0.4, -0.2) is 0 Å². The van der Waals surface area contributed by atoms with Crippen LogP contribution in [0.2, 0.25) is 0 Å². The zero-order chi connectivity index (χ0) is 13.1. The van der Waals surface area contributed by atoms with Gasteiger partial charge in [0.2, 0.25) is 0 Å². The van der Waals surface area contributed by atoms with E-state index < -0.39 is 0 Å². The molecule has 0 radical (unpaired) electrons. The van der Waals surface area contributed by atoms with Crippen molar-refractivity contribution >= 4 is 31.9 Å². The highest BCUT2D eigenvalue weighted by Crippen LogP contribution is 2.33. The van der Waals surface area contributed by atoms with Crippen LogP contribution in [0, 0.1) is 5.82 Å². The topological polar surface area (TPSA) is 35.2 Å². The lowest BCUT2D eigenvalue weighted by molar-refractivity contribution is 0.471. The quantitative estimate of drug-likeness (QED) is 0.851. The molecule has 0 aliphatic carbocycles. The molecule has 0 saturated heterocycles. The number of rotatable bonds is 3. The molecule has 0 aromatic heterocycles. The third-order valence-electron chi connectivity index (χ3n) is 2.36. The van der Waals surface area contributed by atoms with Gasteiger partial charge in [0.25, 0.3) is 0 Å². The maximum atomic E-state index is 13.1. The molecule has 0 atom stereocenters. The molecule has 0 bridgehead atoms. The lowest BCUT2D eigenvalue weighted by atomic mass is 10.2. The van der Waals surface area contributed by atoms with Crippen molar-refractivity contribution in [3.05, 3.63) is 56.7 Å². The second-order valence-corrected chi connectivity index (χ2v) is 5.40. The zero-order valence-corrected chi connectivity index (χ0v) is 12.5. The normalized spacial score (nSPS) is 10.4. The Morgan fingerprint density at radius 2 is 1.78 bits per heavy atom. The monoisotopic (exact) mass is 373 g/mol. The van der Waals surface area contributed by atoms with Gasteiger partial charge < -0.3 is 10.5 Å². The molecule has 0 amide bonds. The molecule has 0 fully saturated rings. The molecule has 0 spiro atoms. The Bertz CT molecular complexity index is 575. The van der Waals surface area contributed by atoms with Crippen molar-refractivity contribution in [2.24, 2.45) is 5.73 Å². The van der Waals surface area contributed by atoms with Crippen molar-refractivity contribution in [1.82, 2.24) is 0 Å². The van der Waals surface area contributed by atoms with Crippen molar-refractivity contribution < 1.29 is 9.13 Å². The number of ether oxygens (including phenoxy) is 1. The van der Waals surface area contributed by atoms with Gasteiger partial charge in [-0.25, -0.2) is 4.39 Å². The molecule has 0 aliphatic rings. The second kappa shape index (κ2) is 5.82. The number of halogens is 3. The third kappa shape index (κ3) is 3.10. The standard InChI is InChI=1S/C13H10Br2FNO/c14-9-1-3-13(11(15)6-9)18-12-4-2-10(16)5-8(12)7-17/h1-6H,7,17H2. The molecule has 2 aromatic carbocycles. The Labute approximate surface area is 121 Å². The number of hydrogen-bond acceptors (Lipinski definition) is 2. The molecule has 94 valence electrons. The van der Waals surface area contributed by atoms with Crippen molar-refractivity contribution in [3.63, 3.8) is 0 Å². The van der Waals surface area contributed by atoms with Gasteiger partial charge in [0, 0.05) is 16.6 Å². The molecule has 5 heteroatoms. The van der Waals surface area contributed by atoms with E-state index in [1.54, 1.807) is 6.07 Å². The molecule has 0 aliphatic heterocycles. The lowest BCUT2D eigenvalue weighted by Crippen LogP contribution is -2.00. The van der Waals surface area contributed by atoms with E-state index in [2.05, 4.69) is 31.9 Å². The van der Waals surface area contributed by atoms with Gasteiger partial charge in [0.1, 0.15) is 17.3 Å². The maximum Gasteiger partial charge on any atom is 0.141 e. The SMILES string of the molecule is NCc1cc(F)ccc1Oc1ccc(Br)cc1Br. The van der Waals surface area contributed by atoms with E-state index in [1.165, 1.54) is 12.1 Å². The van der Waals surface area contributed by atoms with Crippen molar-refractivity contribution in [1.29, 1.82) is 0 Å². The summed E-state index contributed by atoms with van der Waals surface area (Å²) in [5.74, 6) is 0.888. The molecule has 2 N–H and O–H groups in total. The molecule has 0 unspecified atom stereocenters. The number of hydrogen-bond donors (Lipinski definition) is 1. The van der Waals surface area contributed by atoms with Gasteiger partial charge in [-0.3, -0.25) is 0 Å². The summed E-state index contributed by atoms with van der Waals surface area (Å²) >= 11 is 6.77. The first-order valence-electron chi connectivity index (χ1n) is 5.21. The van der Waals surface area contributed by atoms with Crippen molar-refractivity contribution in [3.8, 4) is 11.5 Å². The predicted molar refractivity (Wildman–Crippen MR) is 76.2 cm³/mol. The van der Waals surface area contributed by atoms with Crippen LogP contribution in [0.4, 0.5) is 4.39 Å². The van der Waals surface area contributed by atoms with E-state index in [0.717, 1.165) is 8.95 Å². The minimum Gasteiger partial charge on any atom is -0.456 e. The lowest BCUT2D eigenvalue weighted by Gasteiger charge is -2.11. The second-order valence-electron chi connectivity index (χ2n) is 3.63. The van der Waals surface area contributed by atoms with Crippen LogP contribution in [0.1, 0.15) is 5.56 Å². The highest BCUT2D eigenvalue weighted by molar-refractivity contribution is 9.11. The van der Waals surface area contributed by atoms with Gasteiger partial charge in [-0.05, 0) is 52.3 Å². The van der Waals surface area contributed by atoms with E-state index >= 15 is 0 Å². The van der Waals surface area contributed by atoms with Gasteiger partial charge in [-0.1, -0.05) is 15.9 Å². The molecule has 18 heavy (non-hydrogen) atoms. The summed E-state index contributed by atoms with van der Waals surface area (Å²) in [6.07, 6.45) is 0. The molecule has 2 rings (SSSR count).